The van der Waals surface area contributed by atoms with Crippen LogP contribution >= 0.6 is 0 Å². The van der Waals surface area contributed by atoms with Gasteiger partial charge in [-0.3, -0.25) is 4.68 Å². The molecule has 2 rings (SSSR count). The summed E-state index contributed by atoms with van der Waals surface area (Å²) in [5, 5.41) is 7.64. The van der Waals surface area contributed by atoms with E-state index >= 15 is 0 Å². The van der Waals surface area contributed by atoms with Crippen molar-refractivity contribution in [2.45, 2.75) is 38.6 Å². The molecule has 0 spiro atoms. The van der Waals surface area contributed by atoms with Crippen LogP contribution in [0.2, 0.25) is 0 Å². The molecule has 3 heteroatoms. The summed E-state index contributed by atoms with van der Waals surface area (Å²) in [6.07, 6.45) is 11.2. The van der Waals surface area contributed by atoms with Crippen molar-refractivity contribution in [1.29, 1.82) is 0 Å². The number of hydrogen-bond donors (Lipinski definition) is 1. The molecular weight excluding hydrogens is 186 g/mol. The summed E-state index contributed by atoms with van der Waals surface area (Å²) in [7, 11) is 1.96. The van der Waals surface area contributed by atoms with Gasteiger partial charge in [0.15, 0.2) is 0 Å². The molecule has 0 radical (unpaired) electrons. The molecule has 1 aromatic rings. The number of hydrogen-bond acceptors (Lipinski definition) is 2. The van der Waals surface area contributed by atoms with Crippen LogP contribution in [0.15, 0.2) is 12.4 Å². The minimum absolute atomic E-state index is 0.959. The van der Waals surface area contributed by atoms with E-state index in [4.69, 9.17) is 0 Å². The highest BCUT2D eigenvalue weighted by molar-refractivity contribution is 5.02. The lowest BCUT2D eigenvalue weighted by atomic mass is 10.0. The Hall–Kier alpha value is -0.830. The van der Waals surface area contributed by atoms with E-state index in [1.54, 1.807) is 0 Å². The highest BCUT2D eigenvalue weighted by Gasteiger charge is 2.13. The fourth-order valence-corrected chi connectivity index (χ4v) is 2.40. The largest absolute Gasteiger partial charge is 0.313 e. The number of rotatable bonds is 5. The highest BCUT2D eigenvalue weighted by Crippen LogP contribution is 2.26. The Morgan fingerprint density at radius 1 is 1.47 bits per heavy atom. The molecule has 0 saturated heterocycles. The van der Waals surface area contributed by atoms with Crippen LogP contribution < -0.4 is 5.32 Å². The van der Waals surface area contributed by atoms with Crippen molar-refractivity contribution >= 4 is 0 Å². The van der Waals surface area contributed by atoms with Crippen molar-refractivity contribution in [3.8, 4) is 0 Å². The van der Waals surface area contributed by atoms with Crippen LogP contribution in [-0.2, 0) is 13.6 Å². The zero-order chi connectivity index (χ0) is 10.5. The van der Waals surface area contributed by atoms with Crippen molar-refractivity contribution in [2.24, 2.45) is 13.0 Å². The van der Waals surface area contributed by atoms with Gasteiger partial charge in [0.25, 0.3) is 0 Å². The van der Waals surface area contributed by atoms with Gasteiger partial charge in [-0.15, -0.1) is 0 Å². The van der Waals surface area contributed by atoms with Crippen molar-refractivity contribution in [3.05, 3.63) is 18.0 Å². The fourth-order valence-electron chi connectivity index (χ4n) is 2.40. The molecule has 84 valence electrons. The Bertz CT molecular complexity index is 287. The van der Waals surface area contributed by atoms with Gasteiger partial charge in [0.05, 0.1) is 6.20 Å². The number of nitrogens with zero attached hydrogens (tertiary/aromatic N) is 2. The number of nitrogens with one attached hydrogen (secondary N) is 1. The Morgan fingerprint density at radius 3 is 2.93 bits per heavy atom. The summed E-state index contributed by atoms with van der Waals surface area (Å²) >= 11 is 0. The summed E-state index contributed by atoms with van der Waals surface area (Å²) < 4.78 is 1.86. The monoisotopic (exact) mass is 207 g/mol. The molecule has 15 heavy (non-hydrogen) atoms. The highest BCUT2D eigenvalue weighted by atomic mass is 15.2. The molecule has 0 atom stereocenters. The maximum absolute atomic E-state index is 4.15. The summed E-state index contributed by atoms with van der Waals surface area (Å²) in [6.45, 7) is 2.11. The summed E-state index contributed by atoms with van der Waals surface area (Å²) in [4.78, 5) is 0. The van der Waals surface area contributed by atoms with Gasteiger partial charge in [0.2, 0.25) is 0 Å². The van der Waals surface area contributed by atoms with E-state index in [2.05, 4.69) is 16.6 Å². The standard InChI is InChI=1S/C12H21N3/c1-15-10-12(9-14-15)8-13-7-6-11-4-2-3-5-11/h9-11,13H,2-8H2,1H3. The zero-order valence-corrected chi connectivity index (χ0v) is 9.58. The van der Waals surface area contributed by atoms with Gasteiger partial charge in [0, 0.05) is 25.4 Å². The predicted octanol–water partition coefficient (Wildman–Crippen LogP) is 2.09. The summed E-state index contributed by atoms with van der Waals surface area (Å²) in [6, 6.07) is 0. The minimum atomic E-state index is 0.959. The van der Waals surface area contributed by atoms with Crippen molar-refractivity contribution in [2.75, 3.05) is 6.54 Å². The summed E-state index contributed by atoms with van der Waals surface area (Å²) in [5.74, 6) is 0.992. The van der Waals surface area contributed by atoms with E-state index in [1.165, 1.54) is 37.7 Å². The van der Waals surface area contributed by atoms with Gasteiger partial charge in [-0.2, -0.15) is 5.10 Å². The molecule has 3 nitrogen and oxygen atoms in total. The van der Waals surface area contributed by atoms with Crippen LogP contribution in [0.25, 0.3) is 0 Å². The predicted molar refractivity (Wildman–Crippen MR) is 61.5 cm³/mol. The van der Waals surface area contributed by atoms with Crippen LogP contribution in [0.1, 0.15) is 37.7 Å². The fraction of sp³-hybridized carbons (Fsp3) is 0.750. The molecule has 1 N–H and O–H groups in total. The Kier molecular flexibility index (Phi) is 3.78. The molecule has 0 unspecified atom stereocenters. The Balaban J connectivity index is 1.58. The topological polar surface area (TPSA) is 29.9 Å². The maximum Gasteiger partial charge on any atom is 0.0534 e. The minimum Gasteiger partial charge on any atom is -0.313 e. The second kappa shape index (κ2) is 5.31. The van der Waals surface area contributed by atoms with Crippen LogP contribution in [0.5, 0.6) is 0 Å². The Morgan fingerprint density at radius 2 is 2.27 bits per heavy atom. The van der Waals surface area contributed by atoms with Gasteiger partial charge in [-0.05, 0) is 18.9 Å². The molecule has 1 fully saturated rings. The van der Waals surface area contributed by atoms with Crippen LogP contribution in [0.4, 0.5) is 0 Å². The van der Waals surface area contributed by atoms with E-state index < -0.39 is 0 Å². The third-order valence-corrected chi connectivity index (χ3v) is 3.29. The van der Waals surface area contributed by atoms with Crippen LogP contribution in [-0.4, -0.2) is 16.3 Å². The molecule has 0 aliphatic heterocycles. The van der Waals surface area contributed by atoms with Crippen LogP contribution in [0, 0.1) is 5.92 Å². The molecule has 1 aliphatic carbocycles. The maximum atomic E-state index is 4.15. The van der Waals surface area contributed by atoms with Crippen molar-refractivity contribution < 1.29 is 0 Å². The SMILES string of the molecule is Cn1cc(CNCCC2CCCC2)cn1. The third kappa shape index (κ3) is 3.34. The average molecular weight is 207 g/mol. The van der Waals surface area contributed by atoms with Crippen molar-refractivity contribution in [3.63, 3.8) is 0 Å². The molecule has 1 aromatic heterocycles. The van der Waals surface area contributed by atoms with Gasteiger partial charge in [0.1, 0.15) is 0 Å². The first-order chi connectivity index (χ1) is 7.34. The molecule has 1 aliphatic rings. The van der Waals surface area contributed by atoms with Crippen LogP contribution in [0.3, 0.4) is 0 Å². The second-order valence-corrected chi connectivity index (χ2v) is 4.64. The van der Waals surface area contributed by atoms with E-state index in [1.807, 2.05) is 17.9 Å². The first-order valence-corrected chi connectivity index (χ1v) is 6.03. The van der Waals surface area contributed by atoms with Gasteiger partial charge in [-0.25, -0.2) is 0 Å². The van der Waals surface area contributed by atoms with Gasteiger partial charge >= 0.3 is 0 Å². The third-order valence-electron chi connectivity index (χ3n) is 3.29. The zero-order valence-electron chi connectivity index (χ0n) is 9.58. The van der Waals surface area contributed by atoms with E-state index in [0.29, 0.717) is 0 Å². The molecular formula is C12H21N3. The summed E-state index contributed by atoms with van der Waals surface area (Å²) in [5.41, 5.74) is 1.28. The first-order valence-electron chi connectivity index (χ1n) is 6.03. The number of aromatic nitrogens is 2. The molecule has 0 bridgehead atoms. The van der Waals surface area contributed by atoms with E-state index in [0.717, 1.165) is 19.0 Å². The molecule has 1 saturated carbocycles. The molecule has 0 aromatic carbocycles. The normalized spacial score (nSPS) is 17.4. The van der Waals surface area contributed by atoms with Gasteiger partial charge in [-0.1, -0.05) is 25.7 Å². The smallest absolute Gasteiger partial charge is 0.0534 e. The van der Waals surface area contributed by atoms with E-state index in [-0.39, 0.29) is 0 Å². The van der Waals surface area contributed by atoms with Crippen molar-refractivity contribution in [1.82, 2.24) is 15.1 Å². The lowest BCUT2D eigenvalue weighted by Crippen LogP contribution is -2.16. The molecule has 0 amide bonds. The second-order valence-electron chi connectivity index (χ2n) is 4.64. The lowest BCUT2D eigenvalue weighted by molar-refractivity contribution is 0.477. The lowest BCUT2D eigenvalue weighted by Gasteiger charge is -2.08. The Labute approximate surface area is 91.9 Å². The first kappa shape index (κ1) is 10.7. The number of aryl methyl sites for hydroxylation is 1. The van der Waals surface area contributed by atoms with E-state index in [9.17, 15) is 0 Å². The average Bonchev–Trinajstić information content (AvgIpc) is 2.84. The quantitative estimate of drug-likeness (QED) is 0.749. The molecule has 1 heterocycles. The van der Waals surface area contributed by atoms with Gasteiger partial charge < -0.3 is 5.32 Å².